The number of rotatable bonds is 5. The van der Waals surface area contributed by atoms with Gasteiger partial charge in [0, 0.05) is 6.54 Å². The van der Waals surface area contributed by atoms with Crippen molar-refractivity contribution in [3.63, 3.8) is 0 Å². The van der Waals surface area contributed by atoms with Gasteiger partial charge in [-0.3, -0.25) is 4.79 Å². The number of nitrogens with one attached hydrogen (secondary N) is 1. The standard InChI is InChI=1S/C12H16BrNO2/c1-3-9-5-6-11(10(13)7-9)16-8-12(15)14-4-2/h5-7H,3-4,8H2,1-2H3,(H,14,15). The Labute approximate surface area is 104 Å². The molecule has 0 fully saturated rings. The number of hydrogen-bond donors (Lipinski definition) is 1. The third kappa shape index (κ3) is 3.85. The van der Waals surface area contributed by atoms with Crippen LogP contribution in [0.25, 0.3) is 0 Å². The zero-order valence-electron chi connectivity index (χ0n) is 9.55. The van der Waals surface area contributed by atoms with Crippen molar-refractivity contribution in [1.82, 2.24) is 5.32 Å². The fourth-order valence-corrected chi connectivity index (χ4v) is 1.81. The third-order valence-corrected chi connectivity index (χ3v) is 2.76. The van der Waals surface area contributed by atoms with Crippen molar-refractivity contribution in [3.05, 3.63) is 28.2 Å². The summed E-state index contributed by atoms with van der Waals surface area (Å²) in [6.07, 6.45) is 0.981. The second-order valence-corrected chi connectivity index (χ2v) is 4.21. The van der Waals surface area contributed by atoms with Gasteiger partial charge in [0.25, 0.3) is 5.91 Å². The number of ether oxygens (including phenoxy) is 1. The summed E-state index contributed by atoms with van der Waals surface area (Å²) >= 11 is 3.42. The van der Waals surface area contributed by atoms with Gasteiger partial charge in [-0.15, -0.1) is 0 Å². The molecule has 1 aromatic carbocycles. The van der Waals surface area contributed by atoms with Gasteiger partial charge < -0.3 is 10.1 Å². The summed E-state index contributed by atoms with van der Waals surface area (Å²) < 4.78 is 6.28. The number of carbonyl (C=O) groups excluding carboxylic acids is 1. The normalized spacial score (nSPS) is 9.94. The van der Waals surface area contributed by atoms with Crippen LogP contribution in [0.15, 0.2) is 22.7 Å². The van der Waals surface area contributed by atoms with Gasteiger partial charge in [-0.1, -0.05) is 13.0 Å². The Morgan fingerprint density at radius 2 is 2.19 bits per heavy atom. The van der Waals surface area contributed by atoms with E-state index in [4.69, 9.17) is 4.74 Å². The first-order valence-electron chi connectivity index (χ1n) is 5.35. The van der Waals surface area contributed by atoms with Crippen LogP contribution in [0, 0.1) is 0 Å². The number of hydrogen-bond acceptors (Lipinski definition) is 2. The molecule has 0 aliphatic heterocycles. The summed E-state index contributed by atoms with van der Waals surface area (Å²) in [4.78, 5) is 11.2. The molecule has 0 unspecified atom stereocenters. The zero-order valence-corrected chi connectivity index (χ0v) is 11.1. The number of amides is 1. The molecule has 1 amide bonds. The molecule has 16 heavy (non-hydrogen) atoms. The van der Waals surface area contributed by atoms with Gasteiger partial charge in [0.1, 0.15) is 5.75 Å². The van der Waals surface area contributed by atoms with Crippen LogP contribution in [0.2, 0.25) is 0 Å². The fraction of sp³-hybridized carbons (Fsp3) is 0.417. The molecule has 0 saturated carbocycles. The van der Waals surface area contributed by atoms with E-state index in [1.54, 1.807) is 0 Å². The van der Waals surface area contributed by atoms with Gasteiger partial charge in [-0.25, -0.2) is 0 Å². The molecule has 0 heterocycles. The lowest BCUT2D eigenvalue weighted by Gasteiger charge is -2.08. The van der Waals surface area contributed by atoms with E-state index in [0.717, 1.165) is 10.9 Å². The van der Waals surface area contributed by atoms with E-state index in [-0.39, 0.29) is 12.5 Å². The maximum atomic E-state index is 11.2. The Morgan fingerprint density at radius 3 is 2.75 bits per heavy atom. The minimum Gasteiger partial charge on any atom is -0.483 e. The largest absolute Gasteiger partial charge is 0.483 e. The lowest BCUT2D eigenvalue weighted by molar-refractivity contribution is -0.122. The third-order valence-electron chi connectivity index (χ3n) is 2.14. The van der Waals surface area contributed by atoms with E-state index in [2.05, 4.69) is 28.2 Å². The van der Waals surface area contributed by atoms with Crippen molar-refractivity contribution in [2.75, 3.05) is 13.2 Å². The molecule has 3 nitrogen and oxygen atoms in total. The van der Waals surface area contributed by atoms with Crippen LogP contribution in [0.4, 0.5) is 0 Å². The predicted molar refractivity (Wildman–Crippen MR) is 67.7 cm³/mol. The molecular formula is C12H16BrNO2. The van der Waals surface area contributed by atoms with E-state index in [1.165, 1.54) is 5.56 Å². The van der Waals surface area contributed by atoms with Crippen LogP contribution in [0.1, 0.15) is 19.4 Å². The maximum Gasteiger partial charge on any atom is 0.257 e. The van der Waals surface area contributed by atoms with Crippen LogP contribution in [0.5, 0.6) is 5.75 Å². The van der Waals surface area contributed by atoms with Crippen LogP contribution in [-0.4, -0.2) is 19.1 Å². The van der Waals surface area contributed by atoms with E-state index < -0.39 is 0 Å². The van der Waals surface area contributed by atoms with Gasteiger partial charge in [-0.05, 0) is 47.0 Å². The van der Waals surface area contributed by atoms with Gasteiger partial charge in [0.05, 0.1) is 4.47 Å². The van der Waals surface area contributed by atoms with Crippen molar-refractivity contribution in [2.45, 2.75) is 20.3 Å². The molecule has 1 N–H and O–H groups in total. The van der Waals surface area contributed by atoms with Crippen LogP contribution >= 0.6 is 15.9 Å². The van der Waals surface area contributed by atoms with Gasteiger partial charge in [0.2, 0.25) is 0 Å². The van der Waals surface area contributed by atoms with E-state index in [9.17, 15) is 4.79 Å². The highest BCUT2D eigenvalue weighted by molar-refractivity contribution is 9.10. The number of benzene rings is 1. The molecule has 0 spiro atoms. The highest BCUT2D eigenvalue weighted by atomic mass is 79.9. The Kier molecular flexibility index (Phi) is 5.32. The molecule has 0 saturated heterocycles. The lowest BCUT2D eigenvalue weighted by Crippen LogP contribution is -2.28. The SMILES string of the molecule is CCNC(=O)COc1ccc(CC)cc1Br. The minimum atomic E-state index is -0.103. The molecule has 0 atom stereocenters. The monoisotopic (exact) mass is 285 g/mol. The fourth-order valence-electron chi connectivity index (χ4n) is 1.27. The van der Waals surface area contributed by atoms with E-state index >= 15 is 0 Å². The highest BCUT2D eigenvalue weighted by Gasteiger charge is 2.05. The van der Waals surface area contributed by atoms with Gasteiger partial charge >= 0.3 is 0 Å². The maximum absolute atomic E-state index is 11.2. The van der Waals surface area contributed by atoms with Crippen molar-refractivity contribution in [2.24, 2.45) is 0 Å². The minimum absolute atomic E-state index is 0.0535. The number of carbonyl (C=O) groups is 1. The summed E-state index contributed by atoms with van der Waals surface area (Å²) in [5.41, 5.74) is 1.23. The average Bonchev–Trinajstić information content (AvgIpc) is 2.27. The number of likely N-dealkylation sites (N-methyl/N-ethyl adjacent to an activating group) is 1. The second-order valence-electron chi connectivity index (χ2n) is 3.36. The van der Waals surface area contributed by atoms with Crippen LogP contribution in [-0.2, 0) is 11.2 Å². The molecule has 0 aromatic heterocycles. The molecule has 0 bridgehead atoms. The topological polar surface area (TPSA) is 38.3 Å². The average molecular weight is 286 g/mol. The highest BCUT2D eigenvalue weighted by Crippen LogP contribution is 2.26. The van der Waals surface area contributed by atoms with Crippen molar-refractivity contribution in [3.8, 4) is 5.75 Å². The zero-order chi connectivity index (χ0) is 12.0. The van der Waals surface area contributed by atoms with E-state index in [1.807, 2.05) is 25.1 Å². The summed E-state index contributed by atoms with van der Waals surface area (Å²) in [5.74, 6) is 0.595. The molecule has 88 valence electrons. The van der Waals surface area contributed by atoms with Crippen LogP contribution in [0.3, 0.4) is 0 Å². The van der Waals surface area contributed by atoms with Crippen LogP contribution < -0.4 is 10.1 Å². The van der Waals surface area contributed by atoms with Gasteiger partial charge in [-0.2, -0.15) is 0 Å². The summed E-state index contributed by atoms with van der Waals surface area (Å²) in [6, 6.07) is 5.88. The summed E-state index contributed by atoms with van der Waals surface area (Å²) in [5, 5.41) is 2.68. The molecule has 0 aliphatic rings. The molecular weight excluding hydrogens is 270 g/mol. The number of halogens is 1. The molecule has 0 radical (unpaired) electrons. The van der Waals surface area contributed by atoms with Crippen molar-refractivity contribution >= 4 is 21.8 Å². The Hall–Kier alpha value is -1.03. The van der Waals surface area contributed by atoms with Gasteiger partial charge in [0.15, 0.2) is 6.61 Å². The first kappa shape index (κ1) is 13.0. The smallest absolute Gasteiger partial charge is 0.257 e. The predicted octanol–water partition coefficient (Wildman–Crippen LogP) is 2.53. The first-order valence-corrected chi connectivity index (χ1v) is 6.14. The Bertz CT molecular complexity index is 366. The molecule has 0 aliphatic carbocycles. The lowest BCUT2D eigenvalue weighted by atomic mass is 10.2. The molecule has 1 rings (SSSR count). The molecule has 1 aromatic rings. The quantitative estimate of drug-likeness (QED) is 0.903. The van der Waals surface area contributed by atoms with Crippen molar-refractivity contribution < 1.29 is 9.53 Å². The van der Waals surface area contributed by atoms with Crippen molar-refractivity contribution in [1.29, 1.82) is 0 Å². The second kappa shape index (κ2) is 6.53. The van der Waals surface area contributed by atoms with E-state index in [0.29, 0.717) is 12.3 Å². The summed E-state index contributed by atoms with van der Waals surface area (Å²) in [7, 11) is 0. The summed E-state index contributed by atoms with van der Waals surface area (Å²) in [6.45, 7) is 4.65. The Morgan fingerprint density at radius 1 is 1.44 bits per heavy atom. The Balaban J connectivity index is 2.57. The first-order chi connectivity index (χ1) is 7.67. The number of aryl methyl sites for hydroxylation is 1. The molecule has 4 heteroatoms.